The van der Waals surface area contributed by atoms with Gasteiger partial charge in [0.05, 0.1) is 18.6 Å². The molecule has 1 N–H and O–H groups in total. The number of amides is 1. The molecule has 0 unspecified atom stereocenters. The van der Waals surface area contributed by atoms with Crippen molar-refractivity contribution in [1.82, 2.24) is 5.43 Å². The largest absolute Gasteiger partial charge is 0.497 e. The highest BCUT2D eigenvalue weighted by atomic mass is 32.2. The van der Waals surface area contributed by atoms with Gasteiger partial charge in [-0.1, -0.05) is 18.2 Å². The molecule has 1 aromatic carbocycles. The third-order valence-electron chi connectivity index (χ3n) is 2.89. The number of carbonyl (C=O) groups excluding carboxylic acids is 1. The summed E-state index contributed by atoms with van der Waals surface area (Å²) in [5.41, 5.74) is 4.58. The van der Waals surface area contributed by atoms with Crippen molar-refractivity contribution in [3.8, 4) is 5.75 Å². The lowest BCUT2D eigenvalue weighted by atomic mass is 10.2. The van der Waals surface area contributed by atoms with Crippen LogP contribution >= 0.6 is 23.1 Å². The topological polar surface area (TPSA) is 50.7 Å². The average molecular weight is 334 g/mol. The molecule has 0 fully saturated rings. The number of hydrogen-bond donors (Lipinski definition) is 1. The minimum Gasteiger partial charge on any atom is -0.497 e. The van der Waals surface area contributed by atoms with Crippen LogP contribution < -0.4 is 10.2 Å². The fourth-order valence-corrected chi connectivity index (χ4v) is 3.16. The number of nitrogens with zero attached hydrogens (tertiary/aromatic N) is 1. The van der Waals surface area contributed by atoms with Crippen molar-refractivity contribution < 1.29 is 9.53 Å². The molecule has 1 aromatic heterocycles. The first-order valence-electron chi connectivity index (χ1n) is 6.76. The van der Waals surface area contributed by atoms with E-state index in [2.05, 4.69) is 10.5 Å². The number of hydrogen-bond acceptors (Lipinski definition) is 5. The quantitative estimate of drug-likeness (QED) is 0.622. The van der Waals surface area contributed by atoms with Crippen LogP contribution in [0.25, 0.3) is 0 Å². The van der Waals surface area contributed by atoms with Gasteiger partial charge in [-0.25, -0.2) is 5.43 Å². The second-order valence-electron chi connectivity index (χ2n) is 4.55. The Labute approximate surface area is 138 Å². The van der Waals surface area contributed by atoms with E-state index in [1.165, 1.54) is 0 Å². The lowest BCUT2D eigenvalue weighted by Gasteiger charge is -2.04. The summed E-state index contributed by atoms with van der Waals surface area (Å²) in [6.45, 7) is 1.89. The Kier molecular flexibility index (Phi) is 6.48. The van der Waals surface area contributed by atoms with Crippen LogP contribution in [-0.2, 0) is 10.5 Å². The van der Waals surface area contributed by atoms with Crippen LogP contribution in [0, 0.1) is 0 Å². The summed E-state index contributed by atoms with van der Waals surface area (Å²) in [7, 11) is 1.65. The second kappa shape index (κ2) is 8.60. The molecule has 6 heteroatoms. The number of rotatable bonds is 7. The van der Waals surface area contributed by atoms with Gasteiger partial charge in [-0.05, 0) is 36.1 Å². The summed E-state index contributed by atoms with van der Waals surface area (Å²) in [5, 5.41) is 6.10. The van der Waals surface area contributed by atoms with Gasteiger partial charge in [-0.3, -0.25) is 4.79 Å². The van der Waals surface area contributed by atoms with E-state index in [9.17, 15) is 4.79 Å². The van der Waals surface area contributed by atoms with E-state index < -0.39 is 0 Å². The van der Waals surface area contributed by atoms with Crippen LogP contribution in [0.15, 0.2) is 46.9 Å². The Morgan fingerprint density at radius 2 is 2.09 bits per heavy atom. The zero-order valence-electron chi connectivity index (χ0n) is 12.5. The minimum atomic E-state index is -0.0885. The zero-order chi connectivity index (χ0) is 15.8. The first-order valence-corrected chi connectivity index (χ1v) is 8.80. The highest BCUT2D eigenvalue weighted by molar-refractivity contribution is 7.99. The normalized spacial score (nSPS) is 11.3. The van der Waals surface area contributed by atoms with Crippen LogP contribution in [0.3, 0.4) is 0 Å². The molecule has 2 aromatic rings. The SMILES string of the molecule is COc1ccc(CSCC(=O)N/N=C(\C)c2cccs2)cc1. The molecule has 1 amide bonds. The van der Waals surface area contributed by atoms with Crippen molar-refractivity contribution in [2.24, 2.45) is 5.10 Å². The van der Waals surface area contributed by atoms with E-state index in [1.54, 1.807) is 30.2 Å². The van der Waals surface area contributed by atoms with E-state index in [-0.39, 0.29) is 5.91 Å². The van der Waals surface area contributed by atoms with Crippen LogP contribution in [0.2, 0.25) is 0 Å². The van der Waals surface area contributed by atoms with Crippen molar-refractivity contribution >= 4 is 34.7 Å². The summed E-state index contributed by atoms with van der Waals surface area (Å²) in [6, 6.07) is 11.8. The summed E-state index contributed by atoms with van der Waals surface area (Å²) in [6.07, 6.45) is 0. The summed E-state index contributed by atoms with van der Waals surface area (Å²) >= 11 is 3.16. The fourth-order valence-electron chi connectivity index (χ4n) is 1.70. The van der Waals surface area contributed by atoms with Gasteiger partial charge < -0.3 is 4.74 Å². The molecule has 116 valence electrons. The molecular weight excluding hydrogens is 316 g/mol. The maximum atomic E-state index is 11.8. The van der Waals surface area contributed by atoms with Gasteiger partial charge in [0.2, 0.25) is 5.91 Å². The van der Waals surface area contributed by atoms with Gasteiger partial charge in [0.25, 0.3) is 0 Å². The van der Waals surface area contributed by atoms with Gasteiger partial charge in [0.1, 0.15) is 5.75 Å². The van der Waals surface area contributed by atoms with Crippen molar-refractivity contribution in [3.63, 3.8) is 0 Å². The van der Waals surface area contributed by atoms with E-state index in [0.717, 1.165) is 27.7 Å². The number of hydrazone groups is 1. The molecule has 0 aliphatic carbocycles. The van der Waals surface area contributed by atoms with E-state index in [4.69, 9.17) is 4.74 Å². The molecule has 22 heavy (non-hydrogen) atoms. The number of nitrogens with one attached hydrogen (secondary N) is 1. The molecule has 0 radical (unpaired) electrons. The van der Waals surface area contributed by atoms with Gasteiger partial charge in [0, 0.05) is 10.6 Å². The third-order valence-corrected chi connectivity index (χ3v) is 4.87. The summed E-state index contributed by atoms with van der Waals surface area (Å²) in [4.78, 5) is 12.8. The summed E-state index contributed by atoms with van der Waals surface area (Å²) in [5.74, 6) is 1.91. The summed E-state index contributed by atoms with van der Waals surface area (Å²) < 4.78 is 5.11. The number of thioether (sulfide) groups is 1. The second-order valence-corrected chi connectivity index (χ2v) is 6.48. The third kappa shape index (κ3) is 5.20. The Balaban J connectivity index is 1.72. The molecule has 0 saturated carbocycles. The molecule has 1 heterocycles. The predicted octanol–water partition coefficient (Wildman–Crippen LogP) is 3.53. The van der Waals surface area contributed by atoms with Gasteiger partial charge in [-0.15, -0.1) is 23.1 Å². The van der Waals surface area contributed by atoms with Gasteiger partial charge >= 0.3 is 0 Å². The van der Waals surface area contributed by atoms with Crippen LogP contribution in [0.1, 0.15) is 17.4 Å². The predicted molar refractivity (Wildman–Crippen MR) is 93.8 cm³/mol. The van der Waals surface area contributed by atoms with Gasteiger partial charge in [-0.2, -0.15) is 5.10 Å². The monoisotopic (exact) mass is 334 g/mol. The van der Waals surface area contributed by atoms with Crippen LogP contribution in [-0.4, -0.2) is 24.5 Å². The van der Waals surface area contributed by atoms with Crippen molar-refractivity contribution in [2.45, 2.75) is 12.7 Å². The Hall–Kier alpha value is -1.79. The minimum absolute atomic E-state index is 0.0885. The molecule has 0 bridgehead atoms. The lowest BCUT2D eigenvalue weighted by molar-refractivity contribution is -0.118. The number of carbonyl (C=O) groups is 1. The van der Waals surface area contributed by atoms with E-state index >= 15 is 0 Å². The van der Waals surface area contributed by atoms with Crippen molar-refractivity contribution in [3.05, 3.63) is 52.2 Å². The Morgan fingerprint density at radius 3 is 2.73 bits per heavy atom. The highest BCUT2D eigenvalue weighted by Crippen LogP contribution is 2.16. The number of thiophene rings is 1. The average Bonchev–Trinajstić information content (AvgIpc) is 3.08. The van der Waals surface area contributed by atoms with E-state index in [1.807, 2.05) is 48.7 Å². The van der Waals surface area contributed by atoms with Crippen LogP contribution in [0.4, 0.5) is 0 Å². The molecule has 0 aliphatic rings. The molecule has 0 saturated heterocycles. The standard InChI is InChI=1S/C16H18N2O2S2/c1-12(15-4-3-9-22-15)17-18-16(19)11-21-10-13-5-7-14(20-2)8-6-13/h3-9H,10-11H2,1-2H3,(H,18,19)/b17-12+. The molecular formula is C16H18N2O2S2. The van der Waals surface area contributed by atoms with Gasteiger partial charge in [0.15, 0.2) is 0 Å². The zero-order valence-corrected chi connectivity index (χ0v) is 14.2. The maximum absolute atomic E-state index is 11.8. The Morgan fingerprint density at radius 1 is 1.32 bits per heavy atom. The number of ether oxygens (including phenoxy) is 1. The molecule has 0 atom stereocenters. The molecule has 0 aliphatic heterocycles. The molecule has 0 spiro atoms. The Bertz CT molecular complexity index is 622. The van der Waals surface area contributed by atoms with Crippen LogP contribution in [0.5, 0.6) is 5.75 Å². The highest BCUT2D eigenvalue weighted by Gasteiger charge is 2.03. The van der Waals surface area contributed by atoms with Crippen molar-refractivity contribution in [1.29, 1.82) is 0 Å². The first-order chi connectivity index (χ1) is 10.7. The molecule has 2 rings (SSSR count). The van der Waals surface area contributed by atoms with Crippen molar-refractivity contribution in [2.75, 3.05) is 12.9 Å². The number of benzene rings is 1. The molecule has 4 nitrogen and oxygen atoms in total. The maximum Gasteiger partial charge on any atom is 0.250 e. The smallest absolute Gasteiger partial charge is 0.250 e. The fraction of sp³-hybridized carbons (Fsp3) is 0.250. The van der Waals surface area contributed by atoms with E-state index in [0.29, 0.717) is 5.75 Å². The lowest BCUT2D eigenvalue weighted by Crippen LogP contribution is -2.21. The first kappa shape index (κ1) is 16.6. The number of methoxy groups -OCH3 is 1.